The van der Waals surface area contributed by atoms with Crippen molar-refractivity contribution in [2.45, 2.75) is 50.8 Å². The van der Waals surface area contributed by atoms with Crippen LogP contribution in [0.1, 0.15) is 46.0 Å². The van der Waals surface area contributed by atoms with E-state index in [0.717, 1.165) is 30.5 Å². The summed E-state index contributed by atoms with van der Waals surface area (Å²) in [6, 6.07) is 7.24. The summed E-state index contributed by atoms with van der Waals surface area (Å²) in [6.45, 7) is 4.88. The summed E-state index contributed by atoms with van der Waals surface area (Å²) in [5.74, 6) is 1.78. The molecule has 1 fully saturated rings. The van der Waals surface area contributed by atoms with Crippen molar-refractivity contribution in [2.24, 2.45) is 11.8 Å². The highest BCUT2D eigenvalue weighted by atomic mass is 32.2. The Hall–Kier alpha value is -1.03. The molecule has 0 saturated heterocycles. The zero-order valence-electron chi connectivity index (χ0n) is 13.1. The molecule has 118 valence electrons. The zero-order valence-corrected chi connectivity index (χ0v) is 14.0. The van der Waals surface area contributed by atoms with Gasteiger partial charge in [-0.3, -0.25) is 0 Å². The Balaban J connectivity index is 1.94. The molecule has 2 unspecified atom stereocenters. The number of benzene rings is 1. The van der Waals surface area contributed by atoms with Gasteiger partial charge in [0.05, 0.1) is 16.3 Å². The van der Waals surface area contributed by atoms with E-state index in [1.54, 1.807) is 19.1 Å². The Kier molecular flexibility index (Phi) is 5.68. The monoisotopic (exact) mass is 309 g/mol. The van der Waals surface area contributed by atoms with Crippen LogP contribution in [0.3, 0.4) is 0 Å². The first-order valence-corrected chi connectivity index (χ1v) is 9.74. The molecule has 1 aromatic carbocycles. The number of rotatable bonds is 6. The Bertz CT molecular complexity index is 554. The number of anilines is 1. The molecule has 1 aromatic rings. The van der Waals surface area contributed by atoms with Crippen LogP contribution in [0.25, 0.3) is 0 Å². The van der Waals surface area contributed by atoms with Crippen molar-refractivity contribution >= 4 is 15.5 Å². The predicted molar refractivity (Wildman–Crippen MR) is 88.4 cm³/mol. The lowest BCUT2D eigenvalue weighted by molar-refractivity contribution is 0.274. The Morgan fingerprint density at radius 2 is 2.00 bits per heavy atom. The van der Waals surface area contributed by atoms with Crippen molar-refractivity contribution in [1.29, 1.82) is 0 Å². The Morgan fingerprint density at radius 3 is 2.71 bits per heavy atom. The van der Waals surface area contributed by atoms with Crippen LogP contribution >= 0.6 is 0 Å². The number of sulfone groups is 1. The van der Waals surface area contributed by atoms with E-state index < -0.39 is 9.84 Å². The van der Waals surface area contributed by atoms with Gasteiger partial charge in [-0.15, -0.1) is 0 Å². The van der Waals surface area contributed by atoms with Gasteiger partial charge in [-0.2, -0.15) is 0 Å². The van der Waals surface area contributed by atoms with Gasteiger partial charge in [-0.05, 0) is 36.8 Å². The van der Waals surface area contributed by atoms with Crippen molar-refractivity contribution in [3.05, 3.63) is 24.3 Å². The fourth-order valence-corrected chi connectivity index (χ4v) is 4.34. The molecule has 21 heavy (non-hydrogen) atoms. The Labute approximate surface area is 129 Å². The van der Waals surface area contributed by atoms with Crippen molar-refractivity contribution in [1.82, 2.24) is 0 Å². The van der Waals surface area contributed by atoms with Crippen LogP contribution in [0.15, 0.2) is 29.2 Å². The molecule has 0 radical (unpaired) electrons. The molecule has 2 rings (SSSR count). The molecule has 0 aliphatic heterocycles. The molecule has 0 aromatic heterocycles. The van der Waals surface area contributed by atoms with Crippen LogP contribution in [-0.4, -0.2) is 20.7 Å². The van der Waals surface area contributed by atoms with Gasteiger partial charge < -0.3 is 5.32 Å². The molecular weight excluding hydrogens is 282 g/mol. The summed E-state index contributed by atoms with van der Waals surface area (Å²) in [5.41, 5.74) is 0.753. The average Bonchev–Trinajstić information content (AvgIpc) is 2.48. The first-order chi connectivity index (χ1) is 10.0. The van der Waals surface area contributed by atoms with E-state index in [-0.39, 0.29) is 5.75 Å². The van der Waals surface area contributed by atoms with Crippen molar-refractivity contribution in [3.63, 3.8) is 0 Å². The maximum absolute atomic E-state index is 12.1. The molecule has 1 aliphatic carbocycles. The largest absolute Gasteiger partial charge is 0.384 e. The van der Waals surface area contributed by atoms with Gasteiger partial charge in [0.15, 0.2) is 9.84 Å². The van der Waals surface area contributed by atoms with Crippen LogP contribution in [0.5, 0.6) is 0 Å². The van der Waals surface area contributed by atoms with Gasteiger partial charge >= 0.3 is 0 Å². The summed E-state index contributed by atoms with van der Waals surface area (Å²) in [6.07, 6.45) is 6.47. The molecule has 3 nitrogen and oxygen atoms in total. The molecule has 0 amide bonds. The first-order valence-electron chi connectivity index (χ1n) is 8.08. The summed E-state index contributed by atoms with van der Waals surface area (Å²) < 4.78 is 24.2. The number of hydrogen-bond donors (Lipinski definition) is 1. The maximum atomic E-state index is 12.1. The van der Waals surface area contributed by atoms with Crippen LogP contribution in [0.2, 0.25) is 0 Å². The lowest BCUT2D eigenvalue weighted by atomic mass is 9.81. The molecule has 1 aliphatic rings. The fourth-order valence-electron chi connectivity index (χ4n) is 3.27. The van der Waals surface area contributed by atoms with Crippen LogP contribution in [0.4, 0.5) is 5.69 Å². The standard InChI is InChI=1S/C17H27NO2S/c1-3-21(19,20)17-10-5-4-9-16(17)18-12-11-15-8-6-7-14(2)13-15/h4-5,9-10,14-15,18H,3,6-8,11-13H2,1-2H3. The minimum absolute atomic E-state index is 0.145. The predicted octanol–water partition coefficient (Wildman–Crippen LogP) is 4.11. The van der Waals surface area contributed by atoms with E-state index in [2.05, 4.69) is 12.2 Å². The van der Waals surface area contributed by atoms with E-state index >= 15 is 0 Å². The van der Waals surface area contributed by atoms with Crippen molar-refractivity contribution < 1.29 is 8.42 Å². The molecule has 1 saturated carbocycles. The second-order valence-electron chi connectivity index (χ2n) is 6.25. The highest BCUT2D eigenvalue weighted by Gasteiger charge is 2.19. The van der Waals surface area contributed by atoms with Gasteiger partial charge in [-0.1, -0.05) is 45.2 Å². The lowest BCUT2D eigenvalue weighted by Crippen LogP contribution is -2.17. The van der Waals surface area contributed by atoms with E-state index in [1.165, 1.54) is 25.7 Å². The summed E-state index contributed by atoms with van der Waals surface area (Å²) in [7, 11) is -3.16. The van der Waals surface area contributed by atoms with Crippen LogP contribution < -0.4 is 5.32 Å². The SMILES string of the molecule is CCS(=O)(=O)c1ccccc1NCCC1CCCC(C)C1. The highest BCUT2D eigenvalue weighted by Crippen LogP contribution is 2.31. The third-order valence-corrected chi connectivity index (χ3v) is 6.30. The molecular formula is C17H27NO2S. The number of hydrogen-bond acceptors (Lipinski definition) is 3. The second kappa shape index (κ2) is 7.30. The summed E-state index contributed by atoms with van der Waals surface area (Å²) in [5, 5.41) is 3.34. The zero-order chi connectivity index (χ0) is 15.3. The third kappa shape index (κ3) is 4.47. The van der Waals surface area contributed by atoms with Crippen molar-refractivity contribution in [3.8, 4) is 0 Å². The minimum atomic E-state index is -3.16. The smallest absolute Gasteiger partial charge is 0.180 e. The quantitative estimate of drug-likeness (QED) is 0.860. The molecule has 1 N–H and O–H groups in total. The van der Waals surface area contributed by atoms with Gasteiger partial charge in [0, 0.05) is 6.54 Å². The number of para-hydroxylation sites is 1. The van der Waals surface area contributed by atoms with Gasteiger partial charge in [0.25, 0.3) is 0 Å². The average molecular weight is 309 g/mol. The normalized spacial score (nSPS) is 23.0. The molecule has 4 heteroatoms. The second-order valence-corrected chi connectivity index (χ2v) is 8.50. The van der Waals surface area contributed by atoms with E-state index in [1.807, 2.05) is 12.1 Å². The van der Waals surface area contributed by atoms with E-state index in [9.17, 15) is 8.42 Å². The topological polar surface area (TPSA) is 46.2 Å². The number of nitrogens with one attached hydrogen (secondary N) is 1. The molecule has 0 heterocycles. The maximum Gasteiger partial charge on any atom is 0.180 e. The Morgan fingerprint density at radius 1 is 1.24 bits per heavy atom. The molecule has 0 spiro atoms. The molecule has 0 bridgehead atoms. The van der Waals surface area contributed by atoms with Crippen molar-refractivity contribution in [2.75, 3.05) is 17.6 Å². The van der Waals surface area contributed by atoms with Crippen LogP contribution in [0, 0.1) is 11.8 Å². The van der Waals surface area contributed by atoms with Gasteiger partial charge in [0.2, 0.25) is 0 Å². The highest BCUT2D eigenvalue weighted by molar-refractivity contribution is 7.91. The summed E-state index contributed by atoms with van der Waals surface area (Å²) >= 11 is 0. The lowest BCUT2D eigenvalue weighted by Gasteiger charge is -2.26. The fraction of sp³-hybridized carbons (Fsp3) is 0.647. The molecule has 2 atom stereocenters. The summed E-state index contributed by atoms with van der Waals surface area (Å²) in [4.78, 5) is 0.435. The van der Waals surface area contributed by atoms with Gasteiger partial charge in [-0.25, -0.2) is 8.42 Å². The van der Waals surface area contributed by atoms with E-state index in [0.29, 0.717) is 4.90 Å². The van der Waals surface area contributed by atoms with Gasteiger partial charge in [0.1, 0.15) is 0 Å². The first kappa shape index (κ1) is 16.3. The third-order valence-electron chi connectivity index (χ3n) is 4.52. The van der Waals surface area contributed by atoms with E-state index in [4.69, 9.17) is 0 Å². The van der Waals surface area contributed by atoms with Crippen LogP contribution in [-0.2, 0) is 9.84 Å². The minimum Gasteiger partial charge on any atom is -0.384 e.